The lowest BCUT2D eigenvalue weighted by atomic mass is 10.0. The zero-order valence-electron chi connectivity index (χ0n) is 12.2. The van der Waals surface area contributed by atoms with Crippen LogP contribution in [0.3, 0.4) is 0 Å². The van der Waals surface area contributed by atoms with Gasteiger partial charge in [-0.05, 0) is 31.0 Å². The molecule has 0 aliphatic heterocycles. The van der Waals surface area contributed by atoms with Crippen molar-refractivity contribution < 1.29 is 14.3 Å². The molecule has 0 unspecified atom stereocenters. The Hall–Kier alpha value is -2.01. The zero-order chi connectivity index (χ0) is 15.2. The van der Waals surface area contributed by atoms with Gasteiger partial charge in [-0.1, -0.05) is 19.1 Å². The monoisotopic (exact) mass is 305 g/mol. The Balaban J connectivity index is 2.28. The SMILES string of the molecule is CCCOc1ccc(-c2csc(N)c2C(=O)OCC)cc1. The second kappa shape index (κ2) is 7.13. The number of hydrogen-bond acceptors (Lipinski definition) is 5. The van der Waals surface area contributed by atoms with E-state index in [4.69, 9.17) is 15.2 Å². The van der Waals surface area contributed by atoms with Crippen molar-refractivity contribution in [2.24, 2.45) is 0 Å². The molecule has 1 aromatic carbocycles. The van der Waals surface area contributed by atoms with Crippen LogP contribution in [0.5, 0.6) is 5.75 Å². The molecule has 112 valence electrons. The summed E-state index contributed by atoms with van der Waals surface area (Å²) in [5, 5.41) is 2.36. The van der Waals surface area contributed by atoms with E-state index < -0.39 is 0 Å². The highest BCUT2D eigenvalue weighted by molar-refractivity contribution is 7.14. The number of rotatable bonds is 6. The van der Waals surface area contributed by atoms with Crippen molar-refractivity contribution in [1.29, 1.82) is 0 Å². The molecule has 0 aliphatic rings. The van der Waals surface area contributed by atoms with E-state index in [2.05, 4.69) is 6.92 Å². The summed E-state index contributed by atoms with van der Waals surface area (Å²) in [6.45, 7) is 4.87. The fourth-order valence-corrected chi connectivity index (χ4v) is 2.76. The first kappa shape index (κ1) is 15.4. The predicted octanol–water partition coefficient (Wildman–Crippen LogP) is 3.96. The summed E-state index contributed by atoms with van der Waals surface area (Å²) >= 11 is 1.34. The third-order valence-corrected chi connectivity index (χ3v) is 3.75. The lowest BCUT2D eigenvalue weighted by molar-refractivity contribution is 0.0529. The normalized spacial score (nSPS) is 10.4. The number of thiophene rings is 1. The molecule has 1 aromatic heterocycles. The molecule has 5 heteroatoms. The van der Waals surface area contributed by atoms with E-state index in [0.29, 0.717) is 23.8 Å². The summed E-state index contributed by atoms with van der Waals surface area (Å²) < 4.78 is 10.6. The third-order valence-electron chi connectivity index (χ3n) is 2.94. The van der Waals surface area contributed by atoms with Crippen molar-refractivity contribution in [1.82, 2.24) is 0 Å². The molecular weight excluding hydrogens is 286 g/mol. The van der Waals surface area contributed by atoms with Crippen LogP contribution in [0.15, 0.2) is 29.6 Å². The van der Waals surface area contributed by atoms with E-state index in [0.717, 1.165) is 23.3 Å². The molecule has 0 fully saturated rings. The van der Waals surface area contributed by atoms with Crippen molar-refractivity contribution in [2.45, 2.75) is 20.3 Å². The lowest BCUT2D eigenvalue weighted by Gasteiger charge is -2.07. The summed E-state index contributed by atoms with van der Waals surface area (Å²) in [5.74, 6) is 0.444. The molecule has 0 aliphatic carbocycles. The molecule has 0 spiro atoms. The molecule has 0 atom stereocenters. The standard InChI is InChI=1S/C16H19NO3S/c1-3-9-20-12-7-5-11(6-8-12)13-10-21-15(17)14(13)16(18)19-4-2/h5-8,10H,3-4,9,17H2,1-2H3. The van der Waals surface area contributed by atoms with Crippen molar-refractivity contribution in [3.63, 3.8) is 0 Å². The Labute approximate surface area is 128 Å². The number of hydrogen-bond donors (Lipinski definition) is 1. The van der Waals surface area contributed by atoms with Gasteiger partial charge in [-0.15, -0.1) is 11.3 Å². The van der Waals surface area contributed by atoms with Crippen LogP contribution in [0.4, 0.5) is 5.00 Å². The van der Waals surface area contributed by atoms with Gasteiger partial charge in [0.25, 0.3) is 0 Å². The topological polar surface area (TPSA) is 61.5 Å². The van der Waals surface area contributed by atoms with E-state index in [1.165, 1.54) is 11.3 Å². The van der Waals surface area contributed by atoms with Gasteiger partial charge in [0.2, 0.25) is 0 Å². The highest BCUT2D eigenvalue weighted by atomic mass is 32.1. The van der Waals surface area contributed by atoms with Gasteiger partial charge in [0.15, 0.2) is 0 Å². The molecule has 0 saturated heterocycles. The first-order valence-electron chi connectivity index (χ1n) is 6.94. The number of carbonyl (C=O) groups is 1. The Morgan fingerprint density at radius 1 is 1.24 bits per heavy atom. The fourth-order valence-electron chi connectivity index (χ4n) is 1.95. The number of nitrogens with two attached hydrogens (primary N) is 1. The molecule has 0 saturated carbocycles. The number of nitrogen functional groups attached to an aromatic ring is 1. The molecule has 4 nitrogen and oxygen atoms in total. The Bertz CT molecular complexity index is 604. The van der Waals surface area contributed by atoms with Crippen LogP contribution in [-0.2, 0) is 4.74 Å². The van der Waals surface area contributed by atoms with Crippen molar-refractivity contribution in [3.8, 4) is 16.9 Å². The first-order valence-corrected chi connectivity index (χ1v) is 7.82. The molecule has 0 bridgehead atoms. The second-order valence-corrected chi connectivity index (χ2v) is 5.39. The van der Waals surface area contributed by atoms with Gasteiger partial charge in [0, 0.05) is 10.9 Å². The van der Waals surface area contributed by atoms with Gasteiger partial charge in [-0.2, -0.15) is 0 Å². The van der Waals surface area contributed by atoms with Crippen molar-refractivity contribution >= 4 is 22.3 Å². The summed E-state index contributed by atoms with van der Waals surface area (Å²) in [5.41, 5.74) is 8.08. The minimum absolute atomic E-state index is 0.331. The van der Waals surface area contributed by atoms with Crippen LogP contribution in [-0.4, -0.2) is 19.2 Å². The number of ether oxygens (including phenoxy) is 2. The number of esters is 1. The lowest BCUT2D eigenvalue weighted by Crippen LogP contribution is -2.07. The second-order valence-electron chi connectivity index (χ2n) is 4.48. The minimum atomic E-state index is -0.377. The van der Waals surface area contributed by atoms with Crippen LogP contribution >= 0.6 is 11.3 Å². The largest absolute Gasteiger partial charge is 0.494 e. The van der Waals surface area contributed by atoms with Gasteiger partial charge < -0.3 is 15.2 Å². The average molecular weight is 305 g/mol. The van der Waals surface area contributed by atoms with Crippen LogP contribution in [0.1, 0.15) is 30.6 Å². The van der Waals surface area contributed by atoms with Crippen molar-refractivity contribution in [2.75, 3.05) is 18.9 Å². The number of anilines is 1. The molecule has 21 heavy (non-hydrogen) atoms. The van der Waals surface area contributed by atoms with Gasteiger partial charge in [-0.3, -0.25) is 0 Å². The smallest absolute Gasteiger partial charge is 0.341 e. The van der Waals surface area contributed by atoms with E-state index in [-0.39, 0.29) is 5.97 Å². The maximum Gasteiger partial charge on any atom is 0.341 e. The molecule has 2 aromatic rings. The highest BCUT2D eigenvalue weighted by Gasteiger charge is 2.19. The summed E-state index contributed by atoms with van der Waals surface area (Å²) in [7, 11) is 0. The third kappa shape index (κ3) is 3.55. The van der Waals surface area contributed by atoms with E-state index in [1.54, 1.807) is 6.92 Å². The maximum atomic E-state index is 12.0. The van der Waals surface area contributed by atoms with Gasteiger partial charge in [0.05, 0.1) is 13.2 Å². The highest BCUT2D eigenvalue weighted by Crippen LogP contribution is 2.34. The van der Waals surface area contributed by atoms with Crippen molar-refractivity contribution in [3.05, 3.63) is 35.2 Å². The van der Waals surface area contributed by atoms with Gasteiger partial charge >= 0.3 is 5.97 Å². The summed E-state index contributed by atoms with van der Waals surface area (Å²) in [6.07, 6.45) is 0.968. The summed E-state index contributed by atoms with van der Waals surface area (Å²) in [4.78, 5) is 12.0. The van der Waals surface area contributed by atoms with Gasteiger partial charge in [-0.25, -0.2) is 4.79 Å². The van der Waals surface area contributed by atoms with Crippen LogP contribution in [0.25, 0.3) is 11.1 Å². The maximum absolute atomic E-state index is 12.0. The van der Waals surface area contributed by atoms with Crippen LogP contribution in [0.2, 0.25) is 0 Å². The minimum Gasteiger partial charge on any atom is -0.494 e. The van der Waals surface area contributed by atoms with Gasteiger partial charge in [0.1, 0.15) is 16.3 Å². The van der Waals surface area contributed by atoms with E-state index in [9.17, 15) is 4.79 Å². The molecular formula is C16H19NO3S. The number of benzene rings is 1. The molecule has 0 amide bonds. The fraction of sp³-hybridized carbons (Fsp3) is 0.312. The number of carbonyl (C=O) groups excluding carboxylic acids is 1. The Morgan fingerprint density at radius 2 is 1.95 bits per heavy atom. The molecule has 2 N–H and O–H groups in total. The Morgan fingerprint density at radius 3 is 2.57 bits per heavy atom. The van der Waals surface area contributed by atoms with Crippen LogP contribution < -0.4 is 10.5 Å². The van der Waals surface area contributed by atoms with E-state index in [1.807, 2.05) is 29.6 Å². The van der Waals surface area contributed by atoms with E-state index >= 15 is 0 Å². The Kier molecular flexibility index (Phi) is 5.22. The zero-order valence-corrected chi connectivity index (χ0v) is 13.0. The summed E-state index contributed by atoms with van der Waals surface area (Å²) in [6, 6.07) is 7.64. The first-order chi connectivity index (χ1) is 10.2. The average Bonchev–Trinajstić information content (AvgIpc) is 2.88. The van der Waals surface area contributed by atoms with Crippen LogP contribution in [0, 0.1) is 0 Å². The molecule has 2 rings (SSSR count). The predicted molar refractivity (Wildman–Crippen MR) is 85.9 cm³/mol. The molecule has 1 heterocycles. The quantitative estimate of drug-likeness (QED) is 0.820. The molecule has 0 radical (unpaired) electrons.